The second-order valence-corrected chi connectivity index (χ2v) is 4.51. The highest BCUT2D eigenvalue weighted by Crippen LogP contribution is 2.17. The highest BCUT2D eigenvalue weighted by Gasteiger charge is 2.11. The molecule has 5 nitrogen and oxygen atoms in total. The molecule has 1 N–H and O–H groups in total. The number of rotatable bonds is 5. The Morgan fingerprint density at radius 1 is 1.39 bits per heavy atom. The summed E-state index contributed by atoms with van der Waals surface area (Å²) in [6, 6.07) is 3.66. The van der Waals surface area contributed by atoms with Gasteiger partial charge in [0.1, 0.15) is 0 Å². The molecule has 1 aromatic rings. The van der Waals surface area contributed by atoms with Crippen molar-refractivity contribution >= 4 is 11.6 Å². The lowest BCUT2D eigenvalue weighted by molar-refractivity contribution is -0.127. The molecule has 0 aliphatic carbocycles. The van der Waals surface area contributed by atoms with Crippen LogP contribution in [-0.4, -0.2) is 48.6 Å². The lowest BCUT2D eigenvalue weighted by atomic mass is 10.2. The first kappa shape index (κ1) is 14.4. The number of hydrogen-bond acceptors (Lipinski definition) is 4. The fourth-order valence-electron chi connectivity index (χ4n) is 1.47. The Balaban J connectivity index is 2.70. The molecule has 0 saturated heterocycles. The molecule has 1 aromatic heterocycles. The second-order valence-electron chi connectivity index (χ2n) is 4.51. The third-order valence-corrected chi connectivity index (χ3v) is 2.81. The predicted octanol–water partition coefficient (Wildman–Crippen LogP) is 1.05. The van der Waals surface area contributed by atoms with Gasteiger partial charge in [0.25, 0.3) is 0 Å². The van der Waals surface area contributed by atoms with Gasteiger partial charge in [-0.15, -0.1) is 0 Å². The molecule has 0 radical (unpaired) electrons. The van der Waals surface area contributed by atoms with E-state index in [4.69, 9.17) is 0 Å². The van der Waals surface area contributed by atoms with Crippen LogP contribution in [0.15, 0.2) is 18.3 Å². The van der Waals surface area contributed by atoms with Crippen molar-refractivity contribution < 1.29 is 9.90 Å². The first-order valence-electron chi connectivity index (χ1n) is 6.01. The van der Waals surface area contributed by atoms with Crippen molar-refractivity contribution in [1.29, 1.82) is 0 Å². The van der Waals surface area contributed by atoms with Crippen LogP contribution in [0.5, 0.6) is 0 Å². The summed E-state index contributed by atoms with van der Waals surface area (Å²) in [5, 5.41) is 9.64. The Morgan fingerprint density at radius 3 is 2.50 bits per heavy atom. The van der Waals surface area contributed by atoms with E-state index in [1.807, 2.05) is 24.9 Å². The molecule has 0 bridgehead atoms. The van der Waals surface area contributed by atoms with Crippen molar-refractivity contribution in [2.75, 3.05) is 32.6 Å². The molecule has 1 atom stereocenters. The van der Waals surface area contributed by atoms with Crippen LogP contribution in [0.3, 0.4) is 0 Å². The fraction of sp³-hybridized carbons (Fsp3) is 0.538. The summed E-state index contributed by atoms with van der Waals surface area (Å²) in [5.74, 6) is 0.0372. The van der Waals surface area contributed by atoms with Gasteiger partial charge in [-0.2, -0.15) is 0 Å². The van der Waals surface area contributed by atoms with Gasteiger partial charge in [0, 0.05) is 21.1 Å². The van der Waals surface area contributed by atoms with Crippen molar-refractivity contribution in [3.05, 3.63) is 24.0 Å². The van der Waals surface area contributed by atoms with E-state index in [2.05, 4.69) is 4.98 Å². The lowest BCUT2D eigenvalue weighted by Crippen LogP contribution is -2.34. The zero-order valence-electron chi connectivity index (χ0n) is 11.4. The van der Waals surface area contributed by atoms with E-state index in [1.54, 1.807) is 31.3 Å². The number of amides is 1. The molecule has 0 fully saturated rings. The van der Waals surface area contributed by atoms with Crippen LogP contribution in [0.4, 0.5) is 5.69 Å². The Hall–Kier alpha value is -1.62. The highest BCUT2D eigenvalue weighted by atomic mass is 16.3. The van der Waals surface area contributed by atoms with Crippen molar-refractivity contribution in [1.82, 2.24) is 9.88 Å². The van der Waals surface area contributed by atoms with Crippen molar-refractivity contribution in [2.45, 2.75) is 19.4 Å². The maximum atomic E-state index is 11.6. The highest BCUT2D eigenvalue weighted by molar-refractivity contribution is 5.80. The van der Waals surface area contributed by atoms with Gasteiger partial charge >= 0.3 is 0 Å². The molecule has 0 aliphatic rings. The SMILES string of the molecule is CC[C@@H](O)c1ccc(N(C)CC(=O)N(C)C)cn1. The number of aliphatic hydroxyl groups excluding tert-OH is 1. The molecule has 0 aliphatic heterocycles. The molecule has 18 heavy (non-hydrogen) atoms. The fourth-order valence-corrected chi connectivity index (χ4v) is 1.47. The van der Waals surface area contributed by atoms with E-state index in [0.29, 0.717) is 18.7 Å². The van der Waals surface area contributed by atoms with Gasteiger partial charge in [-0.25, -0.2) is 0 Å². The molecule has 0 unspecified atom stereocenters. The zero-order chi connectivity index (χ0) is 13.7. The van der Waals surface area contributed by atoms with E-state index in [-0.39, 0.29) is 5.91 Å². The number of aliphatic hydroxyl groups is 1. The number of carbonyl (C=O) groups is 1. The van der Waals surface area contributed by atoms with E-state index in [1.165, 1.54) is 0 Å². The topological polar surface area (TPSA) is 56.7 Å². The van der Waals surface area contributed by atoms with E-state index >= 15 is 0 Å². The van der Waals surface area contributed by atoms with Crippen LogP contribution in [0.1, 0.15) is 25.1 Å². The molecule has 0 aromatic carbocycles. The van der Waals surface area contributed by atoms with Gasteiger partial charge in [0.15, 0.2) is 0 Å². The normalized spacial score (nSPS) is 12.1. The van der Waals surface area contributed by atoms with Crippen LogP contribution in [-0.2, 0) is 4.79 Å². The van der Waals surface area contributed by atoms with E-state index in [9.17, 15) is 9.90 Å². The summed E-state index contributed by atoms with van der Waals surface area (Å²) in [6.07, 6.45) is 1.80. The average Bonchev–Trinajstić information content (AvgIpc) is 2.37. The summed E-state index contributed by atoms with van der Waals surface area (Å²) in [6.45, 7) is 2.21. The molecule has 1 heterocycles. The molecule has 0 spiro atoms. The summed E-state index contributed by atoms with van der Waals surface area (Å²) in [4.78, 5) is 19.2. The standard InChI is InChI=1S/C13H21N3O2/c1-5-12(17)11-7-6-10(8-14-11)16(4)9-13(18)15(2)3/h6-8,12,17H,5,9H2,1-4H3/t12-/m1/s1. The quantitative estimate of drug-likeness (QED) is 0.850. The molecular formula is C13H21N3O2. The number of hydrogen-bond donors (Lipinski definition) is 1. The number of aromatic nitrogens is 1. The molecule has 0 saturated carbocycles. The Morgan fingerprint density at radius 2 is 2.06 bits per heavy atom. The third kappa shape index (κ3) is 3.70. The zero-order valence-corrected chi connectivity index (χ0v) is 11.4. The number of nitrogens with zero attached hydrogens (tertiary/aromatic N) is 3. The number of carbonyl (C=O) groups excluding carboxylic acids is 1. The first-order valence-corrected chi connectivity index (χ1v) is 6.01. The third-order valence-electron chi connectivity index (χ3n) is 2.81. The Labute approximate surface area is 108 Å². The van der Waals surface area contributed by atoms with E-state index in [0.717, 1.165) is 5.69 Å². The van der Waals surface area contributed by atoms with Gasteiger partial charge in [0.2, 0.25) is 5.91 Å². The average molecular weight is 251 g/mol. The molecule has 1 amide bonds. The van der Waals surface area contributed by atoms with Crippen LogP contribution in [0.2, 0.25) is 0 Å². The first-order chi connectivity index (χ1) is 8.45. The smallest absolute Gasteiger partial charge is 0.241 e. The van der Waals surface area contributed by atoms with Gasteiger partial charge in [-0.1, -0.05) is 6.92 Å². The van der Waals surface area contributed by atoms with E-state index < -0.39 is 6.10 Å². The summed E-state index contributed by atoms with van der Waals surface area (Å²) in [5.41, 5.74) is 1.52. The minimum absolute atomic E-state index is 0.0372. The van der Waals surface area contributed by atoms with Gasteiger partial charge in [-0.3, -0.25) is 9.78 Å². The molecule has 1 rings (SSSR count). The minimum atomic E-state index is -0.521. The van der Waals surface area contributed by atoms with Gasteiger partial charge in [-0.05, 0) is 18.6 Å². The van der Waals surface area contributed by atoms with Crippen LogP contribution < -0.4 is 4.90 Å². The van der Waals surface area contributed by atoms with Crippen LogP contribution in [0.25, 0.3) is 0 Å². The monoisotopic (exact) mass is 251 g/mol. The number of anilines is 1. The molecular weight excluding hydrogens is 230 g/mol. The maximum Gasteiger partial charge on any atom is 0.241 e. The summed E-state index contributed by atoms with van der Waals surface area (Å²) in [7, 11) is 5.30. The lowest BCUT2D eigenvalue weighted by Gasteiger charge is -2.21. The summed E-state index contributed by atoms with van der Waals surface area (Å²) >= 11 is 0. The largest absolute Gasteiger partial charge is 0.387 e. The second kappa shape index (κ2) is 6.35. The van der Waals surface area contributed by atoms with Crippen LogP contribution >= 0.6 is 0 Å². The van der Waals surface area contributed by atoms with Crippen LogP contribution in [0, 0.1) is 0 Å². The van der Waals surface area contributed by atoms with Gasteiger partial charge in [0.05, 0.1) is 30.2 Å². The predicted molar refractivity (Wildman–Crippen MR) is 71.5 cm³/mol. The maximum absolute atomic E-state index is 11.6. The minimum Gasteiger partial charge on any atom is -0.387 e. The Bertz CT molecular complexity index is 390. The van der Waals surface area contributed by atoms with Gasteiger partial charge < -0.3 is 14.9 Å². The Kier molecular flexibility index (Phi) is 5.09. The number of pyridine rings is 1. The molecule has 5 heteroatoms. The van der Waals surface area contributed by atoms with Crippen molar-refractivity contribution in [2.24, 2.45) is 0 Å². The molecule has 100 valence electrons. The number of likely N-dealkylation sites (N-methyl/N-ethyl adjacent to an activating group) is 2. The van der Waals surface area contributed by atoms with Crippen molar-refractivity contribution in [3.63, 3.8) is 0 Å². The van der Waals surface area contributed by atoms with Crippen molar-refractivity contribution in [3.8, 4) is 0 Å². The summed E-state index contributed by atoms with van der Waals surface area (Å²) < 4.78 is 0.